The van der Waals surface area contributed by atoms with E-state index in [1.54, 1.807) is 18.2 Å². The summed E-state index contributed by atoms with van der Waals surface area (Å²) in [5.74, 6) is -0.344. The topological polar surface area (TPSA) is 67.2 Å². The van der Waals surface area contributed by atoms with Gasteiger partial charge < -0.3 is 9.73 Å². The Morgan fingerprint density at radius 1 is 1.07 bits per heavy atom. The molecule has 3 aromatic carbocycles. The molecule has 0 aliphatic rings. The van der Waals surface area contributed by atoms with E-state index in [0.717, 1.165) is 10.0 Å². The van der Waals surface area contributed by atoms with E-state index in [9.17, 15) is 9.18 Å². The molecule has 8 heteroatoms. The summed E-state index contributed by atoms with van der Waals surface area (Å²) in [6.07, 6.45) is 0. The molecule has 2 N–H and O–H groups in total. The van der Waals surface area contributed by atoms with Crippen LogP contribution >= 0.6 is 28.1 Å². The van der Waals surface area contributed by atoms with Crippen LogP contribution in [0.1, 0.15) is 10.4 Å². The first kappa shape index (κ1) is 19.2. The van der Waals surface area contributed by atoms with Crippen LogP contribution in [-0.2, 0) is 0 Å². The van der Waals surface area contributed by atoms with Crippen molar-refractivity contribution in [2.24, 2.45) is 0 Å². The lowest BCUT2D eigenvalue weighted by Crippen LogP contribution is -2.34. The third-order valence-corrected chi connectivity index (χ3v) is 4.98. The monoisotopic (exact) mass is 469 g/mol. The number of carbonyl (C=O) groups excluding carboxylic acids is 1. The summed E-state index contributed by atoms with van der Waals surface area (Å²) >= 11 is 8.69. The Kier molecular flexibility index (Phi) is 5.37. The molecule has 0 aliphatic carbocycles. The van der Waals surface area contributed by atoms with Crippen LogP contribution in [0.25, 0.3) is 22.6 Å². The minimum Gasteiger partial charge on any atom is -0.436 e. The molecule has 4 rings (SSSR count). The molecule has 0 saturated carbocycles. The van der Waals surface area contributed by atoms with Gasteiger partial charge in [0.05, 0.1) is 5.56 Å². The largest absolute Gasteiger partial charge is 0.436 e. The van der Waals surface area contributed by atoms with E-state index >= 15 is 0 Å². The highest BCUT2D eigenvalue weighted by Crippen LogP contribution is 2.30. The minimum atomic E-state index is -0.429. The fraction of sp³-hybridized carbons (Fsp3) is 0. The average molecular weight is 470 g/mol. The van der Waals surface area contributed by atoms with Crippen molar-refractivity contribution in [2.75, 3.05) is 5.32 Å². The summed E-state index contributed by atoms with van der Waals surface area (Å²) in [6, 6.07) is 18.2. The van der Waals surface area contributed by atoms with Gasteiger partial charge in [-0.2, -0.15) is 0 Å². The van der Waals surface area contributed by atoms with Crippen LogP contribution in [0.15, 0.2) is 75.6 Å². The van der Waals surface area contributed by atoms with Gasteiger partial charge in [0.1, 0.15) is 11.3 Å². The third kappa shape index (κ3) is 4.33. The number of anilines is 1. The number of aromatic nitrogens is 1. The summed E-state index contributed by atoms with van der Waals surface area (Å²) in [4.78, 5) is 16.7. The maximum absolute atomic E-state index is 13.0. The summed E-state index contributed by atoms with van der Waals surface area (Å²) in [6.45, 7) is 0. The van der Waals surface area contributed by atoms with Gasteiger partial charge >= 0.3 is 0 Å². The Hall–Kier alpha value is -3.10. The zero-order valence-electron chi connectivity index (χ0n) is 14.8. The van der Waals surface area contributed by atoms with Crippen LogP contribution < -0.4 is 10.6 Å². The zero-order valence-corrected chi connectivity index (χ0v) is 17.2. The molecule has 0 bridgehead atoms. The van der Waals surface area contributed by atoms with Crippen LogP contribution in [0.4, 0.5) is 10.1 Å². The molecule has 5 nitrogen and oxygen atoms in total. The van der Waals surface area contributed by atoms with E-state index in [2.05, 4.69) is 31.5 Å². The quantitative estimate of drug-likeness (QED) is 0.386. The Bertz CT molecular complexity index is 1220. The summed E-state index contributed by atoms with van der Waals surface area (Å²) in [5, 5.41) is 5.62. The van der Waals surface area contributed by atoms with E-state index in [1.807, 2.05) is 24.3 Å². The lowest BCUT2D eigenvalue weighted by molar-refractivity contribution is 0.0977. The number of rotatable bonds is 3. The third-order valence-electron chi connectivity index (χ3n) is 4.08. The van der Waals surface area contributed by atoms with Crippen molar-refractivity contribution in [3.63, 3.8) is 0 Å². The minimum absolute atomic E-state index is 0.119. The first-order chi connectivity index (χ1) is 14.0. The molecule has 29 heavy (non-hydrogen) atoms. The maximum Gasteiger partial charge on any atom is 0.257 e. The van der Waals surface area contributed by atoms with Crippen LogP contribution in [0.2, 0.25) is 0 Å². The van der Waals surface area contributed by atoms with Gasteiger partial charge in [0.2, 0.25) is 5.89 Å². The SMILES string of the molecule is O=C(NC(=S)Nc1ccc2oc(-c3ccccc3Br)nc2c1)c1ccc(F)cc1. The fourth-order valence-electron chi connectivity index (χ4n) is 2.69. The molecule has 0 radical (unpaired) electrons. The number of thiocarbonyl (C=S) groups is 1. The normalized spacial score (nSPS) is 10.7. The lowest BCUT2D eigenvalue weighted by atomic mass is 10.2. The summed E-state index contributed by atoms with van der Waals surface area (Å²) < 4.78 is 19.7. The molecule has 0 unspecified atom stereocenters. The number of hydrogen-bond acceptors (Lipinski definition) is 4. The molecule has 0 spiro atoms. The van der Waals surface area contributed by atoms with Gasteiger partial charge in [0.25, 0.3) is 5.91 Å². The second-order valence-corrected chi connectivity index (χ2v) is 7.36. The number of amides is 1. The van der Waals surface area contributed by atoms with Gasteiger partial charge in [-0.05, 0) is 82.7 Å². The Balaban J connectivity index is 1.49. The van der Waals surface area contributed by atoms with Gasteiger partial charge in [-0.3, -0.25) is 10.1 Å². The first-order valence-corrected chi connectivity index (χ1v) is 9.73. The highest BCUT2D eigenvalue weighted by Gasteiger charge is 2.12. The van der Waals surface area contributed by atoms with Crippen molar-refractivity contribution in [1.82, 2.24) is 10.3 Å². The van der Waals surface area contributed by atoms with Crippen molar-refractivity contribution in [3.8, 4) is 11.5 Å². The van der Waals surface area contributed by atoms with Crippen LogP contribution in [0.5, 0.6) is 0 Å². The summed E-state index contributed by atoms with van der Waals surface area (Å²) in [5.41, 5.74) is 3.07. The number of halogens is 2. The summed E-state index contributed by atoms with van der Waals surface area (Å²) in [7, 11) is 0. The van der Waals surface area contributed by atoms with Crippen molar-refractivity contribution in [1.29, 1.82) is 0 Å². The molecule has 0 atom stereocenters. The van der Waals surface area contributed by atoms with E-state index in [0.29, 0.717) is 28.2 Å². The molecule has 1 amide bonds. The average Bonchev–Trinajstić information content (AvgIpc) is 3.11. The second-order valence-electron chi connectivity index (χ2n) is 6.10. The number of nitrogens with zero attached hydrogens (tertiary/aromatic N) is 1. The Labute approximate surface area is 179 Å². The number of fused-ring (bicyclic) bond motifs is 1. The number of hydrogen-bond donors (Lipinski definition) is 2. The van der Waals surface area contributed by atoms with Crippen LogP contribution in [-0.4, -0.2) is 16.0 Å². The van der Waals surface area contributed by atoms with E-state index < -0.39 is 11.7 Å². The van der Waals surface area contributed by atoms with Gasteiger partial charge in [-0.15, -0.1) is 0 Å². The number of oxazole rings is 1. The molecule has 4 aromatic rings. The predicted octanol–water partition coefficient (Wildman–Crippen LogP) is 5.52. The molecular formula is C21H13BrFN3O2S. The van der Waals surface area contributed by atoms with E-state index in [4.69, 9.17) is 16.6 Å². The van der Waals surface area contributed by atoms with Gasteiger partial charge in [0.15, 0.2) is 10.7 Å². The zero-order chi connectivity index (χ0) is 20.4. The fourth-order valence-corrected chi connectivity index (χ4v) is 3.36. The van der Waals surface area contributed by atoms with Crippen molar-refractivity contribution < 1.29 is 13.6 Å². The molecule has 144 valence electrons. The standard InChI is InChI=1S/C21H13BrFN3O2S/c22-16-4-2-1-3-15(16)20-25-17-11-14(9-10-18(17)28-20)24-21(29)26-19(27)12-5-7-13(23)8-6-12/h1-11H,(H2,24,26,27,29). The second kappa shape index (κ2) is 8.10. The Morgan fingerprint density at radius 2 is 1.83 bits per heavy atom. The molecule has 0 fully saturated rings. The number of benzene rings is 3. The molecule has 1 aromatic heterocycles. The highest BCUT2D eigenvalue weighted by molar-refractivity contribution is 9.10. The molecule has 0 aliphatic heterocycles. The predicted molar refractivity (Wildman–Crippen MR) is 117 cm³/mol. The van der Waals surface area contributed by atoms with Crippen molar-refractivity contribution >= 4 is 56.0 Å². The van der Waals surface area contributed by atoms with E-state index in [-0.39, 0.29) is 5.11 Å². The Morgan fingerprint density at radius 3 is 2.59 bits per heavy atom. The van der Waals surface area contributed by atoms with Crippen LogP contribution in [0.3, 0.4) is 0 Å². The highest BCUT2D eigenvalue weighted by atomic mass is 79.9. The lowest BCUT2D eigenvalue weighted by Gasteiger charge is -2.09. The van der Waals surface area contributed by atoms with E-state index in [1.165, 1.54) is 24.3 Å². The van der Waals surface area contributed by atoms with Crippen molar-refractivity contribution in [3.05, 3.63) is 82.6 Å². The molecular weight excluding hydrogens is 457 g/mol. The maximum atomic E-state index is 13.0. The number of carbonyl (C=O) groups is 1. The number of nitrogens with one attached hydrogen (secondary N) is 2. The first-order valence-electron chi connectivity index (χ1n) is 8.53. The van der Waals surface area contributed by atoms with Gasteiger partial charge in [-0.1, -0.05) is 12.1 Å². The molecule has 0 saturated heterocycles. The smallest absolute Gasteiger partial charge is 0.257 e. The van der Waals surface area contributed by atoms with Gasteiger partial charge in [0, 0.05) is 15.7 Å². The van der Waals surface area contributed by atoms with Crippen LogP contribution in [0, 0.1) is 5.82 Å². The molecule has 1 heterocycles. The van der Waals surface area contributed by atoms with Gasteiger partial charge in [-0.25, -0.2) is 9.37 Å². The van der Waals surface area contributed by atoms with Crippen molar-refractivity contribution in [2.45, 2.75) is 0 Å².